The lowest BCUT2D eigenvalue weighted by atomic mass is 9.96. The minimum Gasteiger partial charge on any atom is -0.463 e. The molecular formula is C26H23Cl2F2N3O7S. The second-order valence-corrected chi connectivity index (χ2v) is 10.9. The Bertz CT molecular complexity index is 1440. The molecule has 1 saturated heterocycles. The molecule has 10 nitrogen and oxygen atoms in total. The van der Waals surface area contributed by atoms with Crippen LogP contribution in [-0.2, 0) is 33.3 Å². The van der Waals surface area contributed by atoms with Crippen molar-refractivity contribution < 1.29 is 42.1 Å². The second kappa shape index (κ2) is 13.1. The maximum atomic E-state index is 13.9. The van der Waals surface area contributed by atoms with Crippen molar-refractivity contribution in [1.29, 1.82) is 0 Å². The van der Waals surface area contributed by atoms with E-state index in [0.29, 0.717) is 16.0 Å². The van der Waals surface area contributed by atoms with Gasteiger partial charge in [-0.15, -0.1) is 5.10 Å². The summed E-state index contributed by atoms with van der Waals surface area (Å²) in [4.78, 5) is 36.7. The first-order chi connectivity index (χ1) is 19.4. The van der Waals surface area contributed by atoms with Crippen molar-refractivity contribution in [3.8, 4) is 11.3 Å². The van der Waals surface area contributed by atoms with E-state index in [1.807, 2.05) is 0 Å². The van der Waals surface area contributed by atoms with Crippen LogP contribution < -0.4 is 0 Å². The van der Waals surface area contributed by atoms with E-state index >= 15 is 0 Å². The van der Waals surface area contributed by atoms with Gasteiger partial charge in [0, 0.05) is 37.3 Å². The van der Waals surface area contributed by atoms with Gasteiger partial charge in [-0.1, -0.05) is 40.2 Å². The Morgan fingerprint density at radius 2 is 1.61 bits per heavy atom. The second-order valence-electron chi connectivity index (χ2n) is 8.92. The number of ether oxygens (including phenoxy) is 4. The number of hydrogen-bond acceptors (Lipinski definition) is 10. The molecule has 3 aromatic rings. The summed E-state index contributed by atoms with van der Waals surface area (Å²) in [6.07, 6.45) is -2.07. The Morgan fingerprint density at radius 1 is 0.951 bits per heavy atom. The minimum absolute atomic E-state index is 0.0864. The average molecular weight is 630 g/mol. The molecule has 0 amide bonds. The largest absolute Gasteiger partial charge is 0.463 e. The first-order valence-corrected chi connectivity index (χ1v) is 13.7. The first kappa shape index (κ1) is 30.7. The number of carbonyl (C=O) groups is 3. The molecule has 0 aliphatic carbocycles. The Hall–Kier alpha value is -3.26. The number of carbonyl (C=O) groups excluding carboxylic acids is 3. The number of halogens is 4. The Balaban J connectivity index is 1.81. The van der Waals surface area contributed by atoms with Crippen molar-refractivity contribution in [2.45, 2.75) is 55.5 Å². The summed E-state index contributed by atoms with van der Waals surface area (Å²) in [6.45, 7) is 3.23. The lowest BCUT2D eigenvalue weighted by Gasteiger charge is -2.44. The zero-order valence-electron chi connectivity index (χ0n) is 21.8. The van der Waals surface area contributed by atoms with Gasteiger partial charge in [0.1, 0.15) is 41.5 Å². The van der Waals surface area contributed by atoms with Gasteiger partial charge < -0.3 is 18.9 Å². The van der Waals surface area contributed by atoms with Gasteiger partial charge >= 0.3 is 17.9 Å². The van der Waals surface area contributed by atoms with E-state index in [2.05, 4.69) is 10.3 Å². The third kappa shape index (κ3) is 7.73. The molecule has 1 aliphatic rings. The van der Waals surface area contributed by atoms with E-state index in [1.165, 1.54) is 31.6 Å². The normalized spacial score (nSPS) is 22.2. The number of esters is 3. The van der Waals surface area contributed by atoms with Gasteiger partial charge in [0.15, 0.2) is 12.2 Å². The first-order valence-electron chi connectivity index (χ1n) is 12.0. The molecule has 1 aromatic heterocycles. The Morgan fingerprint density at radius 3 is 2.22 bits per heavy atom. The Labute approximate surface area is 247 Å². The van der Waals surface area contributed by atoms with Crippen LogP contribution in [0.15, 0.2) is 47.5 Å². The minimum atomic E-state index is -1.21. The maximum Gasteiger partial charge on any atom is 0.303 e. The topological polar surface area (TPSA) is 119 Å². The van der Waals surface area contributed by atoms with Crippen LogP contribution in [0.1, 0.15) is 26.8 Å². The monoisotopic (exact) mass is 629 g/mol. The van der Waals surface area contributed by atoms with Crippen LogP contribution in [-0.4, -0.2) is 63.3 Å². The van der Waals surface area contributed by atoms with Crippen LogP contribution in [0.4, 0.5) is 8.78 Å². The summed E-state index contributed by atoms with van der Waals surface area (Å²) in [5.41, 5.74) is -0.803. The zero-order valence-corrected chi connectivity index (χ0v) is 24.1. The molecule has 0 radical (unpaired) electrons. The van der Waals surface area contributed by atoms with Crippen molar-refractivity contribution in [2.75, 3.05) is 6.61 Å². The van der Waals surface area contributed by atoms with Gasteiger partial charge in [-0.2, -0.15) is 0 Å². The van der Waals surface area contributed by atoms with E-state index in [0.717, 1.165) is 23.9 Å². The van der Waals surface area contributed by atoms with Crippen LogP contribution >= 0.6 is 35.0 Å². The van der Waals surface area contributed by atoms with Crippen LogP contribution in [0.25, 0.3) is 11.3 Å². The van der Waals surface area contributed by atoms with Crippen molar-refractivity contribution in [2.24, 2.45) is 0 Å². The maximum absolute atomic E-state index is 13.9. The van der Waals surface area contributed by atoms with Crippen molar-refractivity contribution >= 4 is 52.9 Å². The fourth-order valence-electron chi connectivity index (χ4n) is 4.22. The van der Waals surface area contributed by atoms with Gasteiger partial charge in [0.2, 0.25) is 0 Å². The number of hydrogen-bond donors (Lipinski definition) is 0. The highest BCUT2D eigenvalue weighted by Gasteiger charge is 2.52. The summed E-state index contributed by atoms with van der Waals surface area (Å²) >= 11 is 13.4. The average Bonchev–Trinajstić information content (AvgIpc) is 3.35. The molecule has 2 heterocycles. The number of thioether (sulfide) groups is 1. The van der Waals surface area contributed by atoms with Crippen LogP contribution in [0.3, 0.4) is 0 Å². The molecule has 15 heteroatoms. The quantitative estimate of drug-likeness (QED) is 0.248. The molecular weight excluding hydrogens is 607 g/mol. The van der Waals surface area contributed by atoms with E-state index in [1.54, 1.807) is 18.2 Å². The van der Waals surface area contributed by atoms with Crippen LogP contribution in [0, 0.1) is 11.6 Å². The van der Waals surface area contributed by atoms with Crippen molar-refractivity contribution in [1.82, 2.24) is 15.0 Å². The molecule has 5 atom stereocenters. The predicted molar refractivity (Wildman–Crippen MR) is 143 cm³/mol. The molecule has 1 fully saturated rings. The van der Waals surface area contributed by atoms with E-state index in [-0.39, 0.29) is 22.9 Å². The number of aromatic nitrogens is 3. The molecule has 41 heavy (non-hydrogen) atoms. The molecule has 0 N–H and O–H groups in total. The van der Waals surface area contributed by atoms with E-state index < -0.39 is 59.3 Å². The molecule has 4 rings (SSSR count). The van der Waals surface area contributed by atoms with Crippen LogP contribution in [0.5, 0.6) is 0 Å². The molecule has 0 saturated carbocycles. The SMILES string of the molecule is CC(=O)OCC1O[C@H](Sc2ccc(Cl)c(Cl)c2)C(OC(C)=O)C(n2cc(-c3cc(F)cc(F)c3)nn2)[C@H]1OC(C)=O. The van der Waals surface area contributed by atoms with Gasteiger partial charge in [-0.25, -0.2) is 13.5 Å². The lowest BCUT2D eigenvalue weighted by Crippen LogP contribution is -2.57. The fraction of sp³-hybridized carbons (Fsp3) is 0.346. The molecule has 218 valence electrons. The van der Waals surface area contributed by atoms with Crippen molar-refractivity contribution in [3.05, 3.63) is 64.3 Å². The summed E-state index contributed by atoms with van der Waals surface area (Å²) in [5.74, 6) is -3.65. The predicted octanol–water partition coefficient (Wildman–Crippen LogP) is 5.01. The fourth-order valence-corrected chi connectivity index (χ4v) is 5.73. The summed E-state index contributed by atoms with van der Waals surface area (Å²) < 4.78 is 51.8. The van der Waals surface area contributed by atoms with Gasteiger partial charge in [0.25, 0.3) is 0 Å². The summed E-state index contributed by atoms with van der Waals surface area (Å²) in [6, 6.07) is 6.60. The molecule has 1 aliphatic heterocycles. The smallest absolute Gasteiger partial charge is 0.303 e. The van der Waals surface area contributed by atoms with E-state index in [4.69, 9.17) is 42.1 Å². The van der Waals surface area contributed by atoms with Crippen LogP contribution in [0.2, 0.25) is 10.0 Å². The zero-order chi connectivity index (χ0) is 29.8. The highest BCUT2D eigenvalue weighted by Crippen LogP contribution is 2.42. The highest BCUT2D eigenvalue weighted by molar-refractivity contribution is 7.99. The number of benzene rings is 2. The summed E-state index contributed by atoms with van der Waals surface area (Å²) in [7, 11) is 0. The summed E-state index contributed by atoms with van der Waals surface area (Å²) in [5, 5.41) is 8.74. The molecule has 0 spiro atoms. The number of rotatable bonds is 8. The lowest BCUT2D eigenvalue weighted by molar-refractivity contribution is -0.212. The van der Waals surface area contributed by atoms with Gasteiger partial charge in [-0.3, -0.25) is 14.4 Å². The van der Waals surface area contributed by atoms with Gasteiger partial charge in [-0.05, 0) is 30.3 Å². The third-order valence-corrected chi connectivity index (χ3v) is 7.67. The third-order valence-electron chi connectivity index (χ3n) is 5.79. The van der Waals surface area contributed by atoms with Gasteiger partial charge in [0.05, 0.1) is 16.2 Å². The molecule has 3 unspecified atom stereocenters. The molecule has 0 bridgehead atoms. The Kier molecular flexibility index (Phi) is 9.84. The number of nitrogens with zero attached hydrogens (tertiary/aromatic N) is 3. The van der Waals surface area contributed by atoms with E-state index in [9.17, 15) is 23.2 Å². The highest BCUT2D eigenvalue weighted by atomic mass is 35.5. The standard InChI is InChI=1S/C26H23Cl2F2N3O7S/c1-12(34)37-11-22-24(38-13(2)35)23(33-10-21(31-32-33)15-6-16(29)8-17(30)7-15)25(39-14(3)36)26(40-22)41-18-4-5-19(27)20(28)9-18/h4-10,22-26H,11H2,1-3H3/t22?,23?,24-,25?,26+/m0/s1. The van der Waals surface area contributed by atoms with Crippen molar-refractivity contribution in [3.63, 3.8) is 0 Å². The molecule has 2 aromatic carbocycles.